The first-order valence-electron chi connectivity index (χ1n) is 10.7. The number of hydrogen-bond acceptors (Lipinski definition) is 6. The smallest absolute Gasteiger partial charge is 0.268 e. The molecule has 3 amide bonds. The van der Waals surface area contributed by atoms with Crippen molar-refractivity contribution >= 4 is 23.4 Å². The lowest BCUT2D eigenvalue weighted by molar-refractivity contribution is -0.133. The van der Waals surface area contributed by atoms with Gasteiger partial charge in [0.2, 0.25) is 5.91 Å². The van der Waals surface area contributed by atoms with E-state index >= 15 is 0 Å². The highest BCUT2D eigenvalue weighted by molar-refractivity contribution is 5.97. The number of carbonyl (C=O) groups is 3. The highest BCUT2D eigenvalue weighted by Crippen LogP contribution is 2.10. The van der Waals surface area contributed by atoms with Crippen LogP contribution in [0.4, 0.5) is 5.69 Å². The van der Waals surface area contributed by atoms with Crippen LogP contribution >= 0.6 is 0 Å². The first kappa shape index (κ1) is 26.5. The molecular formula is C25H30N4O5. The van der Waals surface area contributed by atoms with Crippen LogP contribution in [0.1, 0.15) is 49.2 Å². The summed E-state index contributed by atoms with van der Waals surface area (Å²) in [4.78, 5) is 35.9. The maximum atomic E-state index is 12.3. The average Bonchev–Trinajstić information content (AvgIpc) is 2.80. The van der Waals surface area contributed by atoms with E-state index in [0.717, 1.165) is 5.56 Å². The maximum Gasteiger partial charge on any atom is 0.268 e. The summed E-state index contributed by atoms with van der Waals surface area (Å²) in [5.74, 6) is 4.38. The third kappa shape index (κ3) is 8.67. The fourth-order valence-electron chi connectivity index (χ4n) is 2.74. The van der Waals surface area contributed by atoms with E-state index < -0.39 is 24.0 Å². The minimum atomic E-state index is -1.29. The van der Waals surface area contributed by atoms with Crippen molar-refractivity contribution in [2.75, 3.05) is 11.9 Å². The van der Waals surface area contributed by atoms with Crippen molar-refractivity contribution in [2.24, 2.45) is 0 Å². The predicted octanol–water partition coefficient (Wildman–Crippen LogP) is 1.40. The van der Waals surface area contributed by atoms with Gasteiger partial charge in [0.05, 0.1) is 12.6 Å². The molecular weight excluding hydrogens is 436 g/mol. The van der Waals surface area contributed by atoms with Gasteiger partial charge in [-0.05, 0) is 76.2 Å². The minimum Gasteiger partial charge on any atom is -0.391 e. The van der Waals surface area contributed by atoms with E-state index in [9.17, 15) is 19.5 Å². The molecule has 0 aliphatic rings. The standard InChI is InChI=1S/C25H30N4O5/c1-16(30)22(24(33)29-34)28-23(32)19-11-7-17(8-12-19)5-6-18-9-13-20(14-10-18)27-21(31)15-26-25(2,3)4/h7-14,16,22,26,30,34H,15H2,1-4H3,(H,27,31)(H,28,32)(H,29,33). The molecule has 0 aliphatic carbocycles. The number of rotatable bonds is 7. The number of benzene rings is 2. The van der Waals surface area contributed by atoms with Crippen LogP contribution in [-0.4, -0.2) is 52.3 Å². The lowest BCUT2D eigenvalue weighted by Crippen LogP contribution is -2.51. The molecule has 34 heavy (non-hydrogen) atoms. The maximum absolute atomic E-state index is 12.3. The van der Waals surface area contributed by atoms with Gasteiger partial charge in [-0.3, -0.25) is 19.6 Å². The summed E-state index contributed by atoms with van der Waals surface area (Å²) < 4.78 is 0. The third-order valence-corrected chi connectivity index (χ3v) is 4.61. The Morgan fingerprint density at radius 3 is 1.94 bits per heavy atom. The van der Waals surface area contributed by atoms with E-state index in [0.29, 0.717) is 11.3 Å². The van der Waals surface area contributed by atoms with E-state index in [4.69, 9.17) is 5.21 Å². The molecule has 6 N–H and O–H groups in total. The summed E-state index contributed by atoms with van der Waals surface area (Å²) in [5, 5.41) is 26.7. The van der Waals surface area contributed by atoms with Crippen molar-refractivity contribution in [3.05, 3.63) is 65.2 Å². The number of aliphatic hydroxyl groups is 1. The molecule has 0 saturated carbocycles. The van der Waals surface area contributed by atoms with Gasteiger partial charge in [0.1, 0.15) is 6.04 Å². The number of carbonyl (C=O) groups excluding carboxylic acids is 3. The van der Waals surface area contributed by atoms with Gasteiger partial charge in [0.25, 0.3) is 11.8 Å². The van der Waals surface area contributed by atoms with Crippen LogP contribution in [0.15, 0.2) is 48.5 Å². The first-order chi connectivity index (χ1) is 16.0. The van der Waals surface area contributed by atoms with Crippen LogP contribution in [0.2, 0.25) is 0 Å². The Kier molecular flexibility index (Phi) is 9.33. The van der Waals surface area contributed by atoms with E-state index in [1.807, 2.05) is 20.8 Å². The summed E-state index contributed by atoms with van der Waals surface area (Å²) in [6.45, 7) is 7.50. The summed E-state index contributed by atoms with van der Waals surface area (Å²) in [5.41, 5.74) is 3.63. The van der Waals surface area contributed by atoms with Gasteiger partial charge < -0.3 is 21.1 Å². The predicted molar refractivity (Wildman–Crippen MR) is 128 cm³/mol. The van der Waals surface area contributed by atoms with Crippen molar-refractivity contribution < 1.29 is 24.7 Å². The quantitative estimate of drug-likeness (QED) is 0.207. The second kappa shape index (κ2) is 12.0. The monoisotopic (exact) mass is 466 g/mol. The second-order valence-corrected chi connectivity index (χ2v) is 8.72. The first-order valence-corrected chi connectivity index (χ1v) is 10.7. The van der Waals surface area contributed by atoms with Gasteiger partial charge in [0.15, 0.2) is 0 Å². The summed E-state index contributed by atoms with van der Waals surface area (Å²) in [6.07, 6.45) is -1.19. The number of aliphatic hydroxyl groups excluding tert-OH is 1. The lowest BCUT2D eigenvalue weighted by atomic mass is 10.1. The Labute approximate surface area is 198 Å². The number of hydrogen-bond donors (Lipinski definition) is 6. The Balaban J connectivity index is 1.97. The van der Waals surface area contributed by atoms with Gasteiger partial charge in [-0.15, -0.1) is 0 Å². The van der Waals surface area contributed by atoms with Gasteiger partial charge in [-0.25, -0.2) is 5.48 Å². The van der Waals surface area contributed by atoms with Crippen LogP contribution in [0.3, 0.4) is 0 Å². The zero-order chi connectivity index (χ0) is 25.3. The van der Waals surface area contributed by atoms with Crippen molar-refractivity contribution in [2.45, 2.75) is 45.4 Å². The highest BCUT2D eigenvalue weighted by Gasteiger charge is 2.25. The third-order valence-electron chi connectivity index (χ3n) is 4.61. The molecule has 2 rings (SSSR count). The largest absolute Gasteiger partial charge is 0.391 e. The highest BCUT2D eigenvalue weighted by atomic mass is 16.5. The Bertz CT molecular complexity index is 1060. The summed E-state index contributed by atoms with van der Waals surface area (Å²) >= 11 is 0. The normalized spacial score (nSPS) is 12.5. The zero-order valence-electron chi connectivity index (χ0n) is 19.6. The molecule has 2 unspecified atom stereocenters. The summed E-state index contributed by atoms with van der Waals surface area (Å²) in [7, 11) is 0. The molecule has 0 saturated heterocycles. The molecule has 0 aromatic heterocycles. The number of amides is 3. The fraction of sp³-hybridized carbons (Fsp3) is 0.320. The molecule has 2 atom stereocenters. The van der Waals surface area contributed by atoms with E-state index in [2.05, 4.69) is 27.8 Å². The Morgan fingerprint density at radius 2 is 1.47 bits per heavy atom. The Morgan fingerprint density at radius 1 is 0.941 bits per heavy atom. The molecule has 180 valence electrons. The van der Waals surface area contributed by atoms with E-state index in [1.54, 1.807) is 48.5 Å². The van der Waals surface area contributed by atoms with Gasteiger partial charge >= 0.3 is 0 Å². The van der Waals surface area contributed by atoms with Crippen LogP contribution < -0.4 is 21.4 Å². The van der Waals surface area contributed by atoms with Crippen molar-refractivity contribution in [3.63, 3.8) is 0 Å². The molecule has 9 heteroatoms. The van der Waals surface area contributed by atoms with Crippen molar-refractivity contribution in [3.8, 4) is 11.8 Å². The SMILES string of the molecule is CC(O)C(NC(=O)c1ccc(C#Cc2ccc(NC(=O)CNC(C)(C)C)cc2)cc1)C(=O)NO. The molecule has 2 aromatic carbocycles. The van der Waals surface area contributed by atoms with Crippen LogP contribution in [0, 0.1) is 11.8 Å². The molecule has 0 spiro atoms. The minimum absolute atomic E-state index is 0.130. The lowest BCUT2D eigenvalue weighted by Gasteiger charge is -2.20. The summed E-state index contributed by atoms with van der Waals surface area (Å²) in [6, 6.07) is 12.2. The van der Waals surface area contributed by atoms with Crippen LogP contribution in [0.5, 0.6) is 0 Å². The van der Waals surface area contributed by atoms with Gasteiger partial charge in [-0.1, -0.05) is 11.8 Å². The number of hydroxylamine groups is 1. The van der Waals surface area contributed by atoms with Crippen molar-refractivity contribution in [1.82, 2.24) is 16.1 Å². The van der Waals surface area contributed by atoms with Crippen LogP contribution in [0.25, 0.3) is 0 Å². The molecule has 0 bridgehead atoms. The molecule has 0 aliphatic heterocycles. The Hall–Kier alpha value is -3.71. The van der Waals surface area contributed by atoms with E-state index in [-0.39, 0.29) is 23.6 Å². The van der Waals surface area contributed by atoms with Crippen molar-refractivity contribution in [1.29, 1.82) is 0 Å². The molecule has 0 fully saturated rings. The topological polar surface area (TPSA) is 140 Å². The average molecular weight is 467 g/mol. The van der Waals surface area contributed by atoms with Crippen LogP contribution in [-0.2, 0) is 9.59 Å². The second-order valence-electron chi connectivity index (χ2n) is 8.72. The van der Waals surface area contributed by atoms with Gasteiger partial charge in [0, 0.05) is 27.9 Å². The fourth-order valence-corrected chi connectivity index (χ4v) is 2.74. The number of nitrogens with one attached hydrogen (secondary N) is 4. The van der Waals surface area contributed by atoms with E-state index in [1.165, 1.54) is 12.4 Å². The molecule has 0 heterocycles. The van der Waals surface area contributed by atoms with Gasteiger partial charge in [-0.2, -0.15) is 0 Å². The molecule has 2 aromatic rings. The zero-order valence-corrected chi connectivity index (χ0v) is 19.6. The molecule has 9 nitrogen and oxygen atoms in total. The number of anilines is 1. The molecule has 0 radical (unpaired) electrons.